The number of hydrogen-bond donors (Lipinski definition) is 1. The first-order chi connectivity index (χ1) is 8.31. The van der Waals surface area contributed by atoms with Gasteiger partial charge in [0, 0.05) is 24.0 Å². The molecule has 1 N–H and O–H groups in total. The van der Waals surface area contributed by atoms with Gasteiger partial charge in [0.2, 0.25) is 0 Å². The molecule has 0 aliphatic heterocycles. The Hall–Kier alpha value is -1.32. The number of halogens is 1. The van der Waals surface area contributed by atoms with Crippen LogP contribution in [0.15, 0.2) is 36.9 Å². The summed E-state index contributed by atoms with van der Waals surface area (Å²) in [5, 5.41) is 4.14. The molecular formula is C13H16ClN3. The maximum atomic E-state index is 6.04. The summed E-state index contributed by atoms with van der Waals surface area (Å²) >= 11 is 6.04. The molecule has 2 aromatic rings. The Morgan fingerprint density at radius 3 is 3.00 bits per heavy atom. The number of nitrogens with one attached hydrogen (secondary N) is 1. The van der Waals surface area contributed by atoms with E-state index in [1.54, 1.807) is 12.5 Å². The van der Waals surface area contributed by atoms with E-state index in [2.05, 4.69) is 23.3 Å². The van der Waals surface area contributed by atoms with Crippen molar-refractivity contribution in [1.82, 2.24) is 14.9 Å². The molecule has 4 heteroatoms. The SMILES string of the molecule is CCCNCc1ccc(Cl)cc1-n1ccnc1. The van der Waals surface area contributed by atoms with Crippen LogP contribution in [0.5, 0.6) is 0 Å². The molecular weight excluding hydrogens is 234 g/mol. The summed E-state index contributed by atoms with van der Waals surface area (Å²) < 4.78 is 1.98. The van der Waals surface area contributed by atoms with E-state index in [-0.39, 0.29) is 0 Å². The summed E-state index contributed by atoms with van der Waals surface area (Å²) in [6.07, 6.45) is 6.61. The number of aromatic nitrogens is 2. The lowest BCUT2D eigenvalue weighted by molar-refractivity contribution is 0.673. The Labute approximate surface area is 106 Å². The third-order valence-corrected chi connectivity index (χ3v) is 2.81. The average Bonchev–Trinajstić information content (AvgIpc) is 2.85. The van der Waals surface area contributed by atoms with E-state index < -0.39 is 0 Å². The molecule has 0 fully saturated rings. The van der Waals surface area contributed by atoms with Crippen LogP contribution in [0, 0.1) is 0 Å². The fourth-order valence-electron chi connectivity index (χ4n) is 1.73. The molecule has 90 valence electrons. The molecule has 1 aromatic heterocycles. The van der Waals surface area contributed by atoms with Gasteiger partial charge in [0.15, 0.2) is 0 Å². The van der Waals surface area contributed by atoms with E-state index in [1.165, 1.54) is 5.56 Å². The largest absolute Gasteiger partial charge is 0.313 e. The second-order valence-electron chi connectivity index (χ2n) is 3.92. The fourth-order valence-corrected chi connectivity index (χ4v) is 1.89. The van der Waals surface area contributed by atoms with Crippen molar-refractivity contribution in [1.29, 1.82) is 0 Å². The van der Waals surface area contributed by atoms with Crippen molar-refractivity contribution in [2.45, 2.75) is 19.9 Å². The fraction of sp³-hybridized carbons (Fsp3) is 0.308. The maximum Gasteiger partial charge on any atom is 0.0991 e. The van der Waals surface area contributed by atoms with E-state index in [4.69, 9.17) is 11.6 Å². The second kappa shape index (κ2) is 5.84. The maximum absolute atomic E-state index is 6.04. The lowest BCUT2D eigenvalue weighted by atomic mass is 10.1. The Balaban J connectivity index is 2.25. The van der Waals surface area contributed by atoms with Crippen LogP contribution in [-0.2, 0) is 6.54 Å². The summed E-state index contributed by atoms with van der Waals surface area (Å²) in [5.41, 5.74) is 2.31. The zero-order valence-electron chi connectivity index (χ0n) is 9.86. The van der Waals surface area contributed by atoms with Crippen molar-refractivity contribution < 1.29 is 0 Å². The lowest BCUT2D eigenvalue weighted by Crippen LogP contribution is -2.15. The van der Waals surface area contributed by atoms with Gasteiger partial charge in [-0.05, 0) is 30.7 Å². The van der Waals surface area contributed by atoms with Gasteiger partial charge in [-0.3, -0.25) is 0 Å². The van der Waals surface area contributed by atoms with Crippen LogP contribution in [0.25, 0.3) is 5.69 Å². The number of rotatable bonds is 5. The van der Waals surface area contributed by atoms with E-state index in [9.17, 15) is 0 Å². The summed E-state index contributed by atoms with van der Waals surface area (Å²) in [6, 6.07) is 5.94. The highest BCUT2D eigenvalue weighted by atomic mass is 35.5. The molecule has 0 atom stereocenters. The average molecular weight is 250 g/mol. The second-order valence-corrected chi connectivity index (χ2v) is 4.36. The molecule has 0 saturated carbocycles. The number of benzene rings is 1. The van der Waals surface area contributed by atoms with E-state index in [0.717, 1.165) is 30.2 Å². The minimum atomic E-state index is 0.743. The van der Waals surface area contributed by atoms with Gasteiger partial charge in [0.05, 0.1) is 12.0 Å². The minimum Gasteiger partial charge on any atom is -0.313 e. The molecule has 0 bridgehead atoms. The molecule has 1 heterocycles. The Morgan fingerprint density at radius 1 is 1.41 bits per heavy atom. The topological polar surface area (TPSA) is 29.9 Å². The van der Waals surface area contributed by atoms with E-state index in [1.807, 2.05) is 22.9 Å². The summed E-state index contributed by atoms with van der Waals surface area (Å²) in [6.45, 7) is 4.02. The highest BCUT2D eigenvalue weighted by molar-refractivity contribution is 6.30. The Kier molecular flexibility index (Phi) is 4.18. The molecule has 3 nitrogen and oxygen atoms in total. The minimum absolute atomic E-state index is 0.743. The standard InChI is InChI=1S/C13H16ClN3/c1-2-5-15-9-11-3-4-12(14)8-13(11)17-7-6-16-10-17/h3-4,6-8,10,15H,2,5,9H2,1H3. The molecule has 0 aliphatic rings. The number of hydrogen-bond acceptors (Lipinski definition) is 2. The highest BCUT2D eigenvalue weighted by Gasteiger charge is 2.04. The van der Waals surface area contributed by atoms with Gasteiger partial charge >= 0.3 is 0 Å². The lowest BCUT2D eigenvalue weighted by Gasteiger charge is -2.11. The zero-order chi connectivity index (χ0) is 12.1. The van der Waals surface area contributed by atoms with Crippen LogP contribution in [0.4, 0.5) is 0 Å². The van der Waals surface area contributed by atoms with Crippen molar-refractivity contribution >= 4 is 11.6 Å². The first kappa shape index (κ1) is 12.1. The molecule has 0 spiro atoms. The predicted molar refractivity (Wildman–Crippen MR) is 70.6 cm³/mol. The summed E-state index contributed by atoms with van der Waals surface area (Å²) in [5.74, 6) is 0. The normalized spacial score (nSPS) is 10.7. The van der Waals surface area contributed by atoms with Gasteiger partial charge in [-0.2, -0.15) is 0 Å². The van der Waals surface area contributed by atoms with Gasteiger partial charge in [0.25, 0.3) is 0 Å². The smallest absolute Gasteiger partial charge is 0.0991 e. The van der Waals surface area contributed by atoms with Gasteiger partial charge in [-0.1, -0.05) is 24.6 Å². The first-order valence-electron chi connectivity index (χ1n) is 5.78. The number of nitrogens with zero attached hydrogens (tertiary/aromatic N) is 2. The van der Waals surface area contributed by atoms with E-state index in [0.29, 0.717) is 0 Å². The zero-order valence-corrected chi connectivity index (χ0v) is 10.6. The summed E-state index contributed by atoms with van der Waals surface area (Å²) in [7, 11) is 0. The van der Waals surface area contributed by atoms with Crippen molar-refractivity contribution in [2.24, 2.45) is 0 Å². The van der Waals surface area contributed by atoms with Crippen LogP contribution < -0.4 is 5.32 Å². The van der Waals surface area contributed by atoms with Crippen molar-refractivity contribution in [2.75, 3.05) is 6.54 Å². The van der Waals surface area contributed by atoms with Crippen LogP contribution in [-0.4, -0.2) is 16.1 Å². The first-order valence-corrected chi connectivity index (χ1v) is 6.16. The molecule has 0 aliphatic carbocycles. The molecule has 1 aromatic carbocycles. The van der Waals surface area contributed by atoms with Crippen LogP contribution in [0.3, 0.4) is 0 Å². The van der Waals surface area contributed by atoms with Crippen LogP contribution in [0.2, 0.25) is 5.02 Å². The molecule has 0 amide bonds. The van der Waals surface area contributed by atoms with Gasteiger partial charge < -0.3 is 9.88 Å². The summed E-state index contributed by atoms with van der Waals surface area (Å²) in [4.78, 5) is 4.07. The van der Waals surface area contributed by atoms with E-state index >= 15 is 0 Å². The molecule has 0 saturated heterocycles. The van der Waals surface area contributed by atoms with Crippen molar-refractivity contribution in [3.05, 3.63) is 47.5 Å². The van der Waals surface area contributed by atoms with Crippen molar-refractivity contribution in [3.63, 3.8) is 0 Å². The third kappa shape index (κ3) is 3.08. The Morgan fingerprint density at radius 2 is 2.29 bits per heavy atom. The van der Waals surface area contributed by atoms with Gasteiger partial charge in [-0.15, -0.1) is 0 Å². The van der Waals surface area contributed by atoms with Crippen LogP contribution >= 0.6 is 11.6 Å². The molecule has 0 unspecified atom stereocenters. The predicted octanol–water partition coefficient (Wildman–Crippen LogP) is 3.03. The number of imidazole rings is 1. The van der Waals surface area contributed by atoms with Gasteiger partial charge in [0.1, 0.15) is 0 Å². The monoisotopic (exact) mass is 249 g/mol. The molecule has 0 radical (unpaired) electrons. The van der Waals surface area contributed by atoms with Gasteiger partial charge in [-0.25, -0.2) is 4.98 Å². The molecule has 2 rings (SSSR count). The van der Waals surface area contributed by atoms with Crippen molar-refractivity contribution in [3.8, 4) is 5.69 Å². The highest BCUT2D eigenvalue weighted by Crippen LogP contribution is 2.19. The quantitative estimate of drug-likeness (QED) is 0.826. The van der Waals surface area contributed by atoms with Crippen LogP contribution in [0.1, 0.15) is 18.9 Å². The Bertz CT molecular complexity index is 466. The molecule has 17 heavy (non-hydrogen) atoms. The third-order valence-electron chi connectivity index (χ3n) is 2.57.